The molecule has 2 N–H and O–H groups in total. The molecule has 0 atom stereocenters. The number of anilines is 1. The number of hydrogen-bond donors (Lipinski definition) is 2. The van der Waals surface area contributed by atoms with Crippen LogP contribution in [0.4, 0.5) is 5.69 Å². The van der Waals surface area contributed by atoms with Crippen molar-refractivity contribution in [3.63, 3.8) is 0 Å². The number of carbonyl (C=O) groups excluding carboxylic acids is 2. The Morgan fingerprint density at radius 1 is 1.23 bits per heavy atom. The molecule has 0 bridgehead atoms. The summed E-state index contributed by atoms with van der Waals surface area (Å²) in [6.07, 6.45) is 7.28. The molecule has 2 heterocycles. The lowest BCUT2D eigenvalue weighted by molar-refractivity contribution is -0.125. The van der Waals surface area contributed by atoms with Crippen LogP contribution < -0.4 is 10.6 Å². The van der Waals surface area contributed by atoms with Gasteiger partial charge in [-0.3, -0.25) is 18.9 Å². The number of amides is 2. The van der Waals surface area contributed by atoms with E-state index in [1.807, 2.05) is 31.0 Å². The first-order valence-electron chi connectivity index (χ1n) is 13.1. The highest BCUT2D eigenvalue weighted by Gasteiger charge is 2.47. The molecule has 1 spiro atoms. The minimum Gasteiger partial charge on any atom is -0.377 e. The van der Waals surface area contributed by atoms with Gasteiger partial charge in [-0.1, -0.05) is 37.8 Å². The first kappa shape index (κ1) is 26.2. The van der Waals surface area contributed by atoms with Crippen LogP contribution in [0, 0.1) is 11.8 Å². The van der Waals surface area contributed by atoms with Gasteiger partial charge in [0.15, 0.2) is 0 Å². The average molecular weight is 501 g/mol. The van der Waals surface area contributed by atoms with Gasteiger partial charge in [-0.25, -0.2) is 0 Å². The zero-order valence-electron chi connectivity index (χ0n) is 21.4. The van der Waals surface area contributed by atoms with Crippen molar-refractivity contribution in [3.8, 4) is 0 Å². The van der Waals surface area contributed by atoms with Crippen molar-refractivity contribution < 1.29 is 14.3 Å². The summed E-state index contributed by atoms with van der Waals surface area (Å²) in [7, 11) is 0. The molecule has 0 radical (unpaired) electrons. The van der Waals surface area contributed by atoms with Gasteiger partial charge >= 0.3 is 0 Å². The number of nitrogens with zero attached hydrogens (tertiary/aromatic N) is 2. The Labute approximate surface area is 214 Å². The third-order valence-electron chi connectivity index (χ3n) is 7.58. The maximum atomic E-state index is 12.9. The van der Waals surface area contributed by atoms with Crippen molar-refractivity contribution >= 4 is 35.3 Å². The van der Waals surface area contributed by atoms with Gasteiger partial charge in [-0.05, 0) is 68.2 Å². The molecular formula is C27H40N4O3S. The average Bonchev–Trinajstić information content (AvgIpc) is 3.15. The Balaban J connectivity index is 1.28. The van der Waals surface area contributed by atoms with Crippen molar-refractivity contribution in [1.29, 1.82) is 0 Å². The highest BCUT2D eigenvalue weighted by molar-refractivity contribution is 7.97. The predicted molar refractivity (Wildman–Crippen MR) is 142 cm³/mol. The number of benzene rings is 1. The maximum Gasteiger partial charge on any atom is 0.253 e. The van der Waals surface area contributed by atoms with Crippen LogP contribution in [-0.2, 0) is 27.4 Å². The monoisotopic (exact) mass is 500 g/mol. The van der Waals surface area contributed by atoms with Crippen LogP contribution in [0.25, 0.3) is 0 Å². The van der Waals surface area contributed by atoms with Crippen molar-refractivity contribution in [2.45, 2.75) is 77.9 Å². The van der Waals surface area contributed by atoms with Crippen LogP contribution in [0.15, 0.2) is 23.2 Å². The number of aryl methyl sites for hydroxylation is 1. The summed E-state index contributed by atoms with van der Waals surface area (Å²) in [5.41, 5.74) is 2.64. The fraction of sp³-hybridized carbons (Fsp3) is 0.667. The SMILES string of the molecule is CCOCc1cc(NC(C)=O)ccc1CCSN1CCC2(CC1)N=C(C1CCC(C)CC1)NC2=O. The van der Waals surface area contributed by atoms with Gasteiger partial charge in [-0.2, -0.15) is 0 Å². The molecule has 1 aromatic carbocycles. The van der Waals surface area contributed by atoms with E-state index in [1.165, 1.54) is 25.3 Å². The fourth-order valence-electron chi connectivity index (χ4n) is 5.37. The first-order chi connectivity index (χ1) is 16.9. The molecule has 2 aliphatic heterocycles. The molecule has 1 aromatic rings. The van der Waals surface area contributed by atoms with E-state index >= 15 is 0 Å². The minimum absolute atomic E-state index is 0.0701. The van der Waals surface area contributed by atoms with Gasteiger partial charge in [-0.15, -0.1) is 0 Å². The fourth-order valence-corrected chi connectivity index (χ4v) is 6.38. The topological polar surface area (TPSA) is 83.0 Å². The first-order valence-corrected chi connectivity index (χ1v) is 14.1. The summed E-state index contributed by atoms with van der Waals surface area (Å²) in [4.78, 5) is 29.3. The summed E-state index contributed by atoms with van der Waals surface area (Å²) in [6.45, 7) is 8.79. The van der Waals surface area contributed by atoms with Crippen molar-refractivity contribution in [1.82, 2.24) is 9.62 Å². The molecule has 35 heavy (non-hydrogen) atoms. The molecule has 3 aliphatic rings. The van der Waals surface area contributed by atoms with Crippen molar-refractivity contribution in [2.24, 2.45) is 16.8 Å². The van der Waals surface area contributed by atoms with E-state index in [0.29, 0.717) is 19.1 Å². The Kier molecular flexibility index (Phi) is 8.89. The van der Waals surface area contributed by atoms with Crippen LogP contribution in [0.2, 0.25) is 0 Å². The second kappa shape index (κ2) is 11.9. The minimum atomic E-state index is -0.542. The zero-order valence-corrected chi connectivity index (χ0v) is 22.2. The van der Waals surface area contributed by atoms with Gasteiger partial charge in [0.05, 0.1) is 6.61 Å². The summed E-state index contributed by atoms with van der Waals surface area (Å²) < 4.78 is 8.05. The van der Waals surface area contributed by atoms with Gasteiger partial charge in [0.2, 0.25) is 5.91 Å². The molecule has 7 nitrogen and oxygen atoms in total. The van der Waals surface area contributed by atoms with Crippen LogP contribution in [0.3, 0.4) is 0 Å². The smallest absolute Gasteiger partial charge is 0.253 e. The molecule has 1 saturated heterocycles. The predicted octanol–water partition coefficient (Wildman–Crippen LogP) is 4.56. The number of aliphatic imine (C=N–C) groups is 1. The number of ether oxygens (including phenoxy) is 1. The summed E-state index contributed by atoms with van der Waals surface area (Å²) >= 11 is 1.85. The molecule has 1 saturated carbocycles. The van der Waals surface area contributed by atoms with Crippen molar-refractivity contribution in [3.05, 3.63) is 29.3 Å². The second-order valence-electron chi connectivity index (χ2n) is 10.3. The van der Waals surface area contributed by atoms with E-state index < -0.39 is 5.54 Å². The highest BCUT2D eigenvalue weighted by Crippen LogP contribution is 2.36. The Bertz CT molecular complexity index is 934. The Morgan fingerprint density at radius 3 is 2.66 bits per heavy atom. The number of piperidine rings is 1. The van der Waals surface area contributed by atoms with E-state index in [1.54, 1.807) is 0 Å². The zero-order chi connectivity index (χ0) is 24.8. The molecule has 1 aliphatic carbocycles. The molecular weight excluding hydrogens is 460 g/mol. The molecule has 8 heteroatoms. The van der Waals surface area contributed by atoms with Crippen LogP contribution in [0.5, 0.6) is 0 Å². The number of amidine groups is 1. The molecule has 0 unspecified atom stereocenters. The molecule has 4 rings (SSSR count). The standard InChI is InChI=1S/C27H40N4O3S/c1-4-34-18-23-17-24(28-20(3)32)10-9-21(23)11-16-35-31-14-12-27(13-15-31)26(33)29-25(30-27)22-7-5-19(2)6-8-22/h9-10,17,19,22H,4-8,11-16,18H2,1-3H3,(H,28,32)(H,29,30,33). The van der Waals surface area contributed by atoms with Crippen LogP contribution in [-0.4, -0.2) is 52.9 Å². The van der Waals surface area contributed by atoms with Gasteiger partial charge in [0, 0.05) is 44.0 Å². The van der Waals surface area contributed by atoms with Crippen LogP contribution >= 0.6 is 11.9 Å². The summed E-state index contributed by atoms with van der Waals surface area (Å²) in [5, 5.41) is 6.02. The number of carbonyl (C=O) groups is 2. The highest BCUT2D eigenvalue weighted by atomic mass is 32.2. The quantitative estimate of drug-likeness (QED) is 0.486. The van der Waals surface area contributed by atoms with E-state index in [4.69, 9.17) is 9.73 Å². The Morgan fingerprint density at radius 2 is 1.97 bits per heavy atom. The number of rotatable bonds is 9. The molecule has 2 fully saturated rings. The van der Waals surface area contributed by atoms with Gasteiger partial charge in [0.25, 0.3) is 5.91 Å². The normalized spacial score (nSPS) is 24.3. The lowest BCUT2D eigenvalue weighted by Crippen LogP contribution is -2.47. The molecule has 0 aromatic heterocycles. The Hall–Kier alpha value is -1.90. The maximum absolute atomic E-state index is 12.9. The van der Waals surface area contributed by atoms with E-state index in [-0.39, 0.29) is 11.8 Å². The van der Waals surface area contributed by atoms with Gasteiger partial charge in [0.1, 0.15) is 11.4 Å². The van der Waals surface area contributed by atoms with Crippen LogP contribution in [0.1, 0.15) is 70.4 Å². The van der Waals surface area contributed by atoms with Crippen molar-refractivity contribution in [2.75, 3.05) is 30.8 Å². The molecule has 2 amide bonds. The van der Waals surface area contributed by atoms with Gasteiger partial charge < -0.3 is 15.4 Å². The molecule has 192 valence electrons. The lowest BCUT2D eigenvalue weighted by Gasteiger charge is -2.34. The summed E-state index contributed by atoms with van der Waals surface area (Å²) in [5.74, 6) is 3.21. The number of hydrogen-bond acceptors (Lipinski definition) is 6. The largest absolute Gasteiger partial charge is 0.377 e. The second-order valence-corrected chi connectivity index (χ2v) is 11.4. The number of nitrogens with one attached hydrogen (secondary N) is 2. The lowest BCUT2D eigenvalue weighted by atomic mass is 9.82. The third-order valence-corrected chi connectivity index (χ3v) is 8.70. The summed E-state index contributed by atoms with van der Waals surface area (Å²) in [6, 6.07) is 6.07. The van der Waals surface area contributed by atoms with E-state index in [2.05, 4.69) is 27.9 Å². The van der Waals surface area contributed by atoms with E-state index in [0.717, 1.165) is 74.0 Å². The third kappa shape index (κ3) is 6.66. The van der Waals surface area contributed by atoms with E-state index in [9.17, 15) is 9.59 Å².